The maximum Gasteiger partial charge on any atom is 0.307 e. The number of carbonyl (C=O) groups is 1. The molecule has 0 radical (unpaired) electrons. The van der Waals surface area contributed by atoms with Gasteiger partial charge in [-0.2, -0.15) is 0 Å². The largest absolute Gasteiger partial charge is 0.481 e. The Hall–Kier alpha value is -0.610. The van der Waals surface area contributed by atoms with Gasteiger partial charge in [0.2, 0.25) is 0 Å². The summed E-state index contributed by atoms with van der Waals surface area (Å²) in [5.74, 6) is -0.983. The molecule has 1 heterocycles. The number of carboxylic acids is 1. The zero-order valence-electron chi connectivity index (χ0n) is 10.8. The Balaban J connectivity index is 2.39. The minimum absolute atomic E-state index is 0.280. The van der Waals surface area contributed by atoms with Gasteiger partial charge in [-0.25, -0.2) is 0 Å². The molecule has 0 aliphatic carbocycles. The Bertz CT molecular complexity index is 243. The predicted octanol–water partition coefficient (Wildman–Crippen LogP) is 1.12. The van der Waals surface area contributed by atoms with Crippen LogP contribution in [0.5, 0.6) is 0 Å². The maximum atomic E-state index is 10.8. The summed E-state index contributed by atoms with van der Waals surface area (Å²) in [6, 6.07) is 1.11. The average Bonchev–Trinajstić information content (AvgIpc) is 2.65. The Labute approximate surface area is 98.2 Å². The van der Waals surface area contributed by atoms with Crippen molar-refractivity contribution in [2.75, 3.05) is 26.7 Å². The van der Waals surface area contributed by atoms with Gasteiger partial charge < -0.3 is 10.0 Å². The van der Waals surface area contributed by atoms with E-state index in [2.05, 4.69) is 23.6 Å². The minimum Gasteiger partial charge on any atom is -0.481 e. The molecular formula is C12H24N2O2. The fourth-order valence-electron chi connectivity index (χ4n) is 2.26. The molecule has 0 bridgehead atoms. The summed E-state index contributed by atoms with van der Waals surface area (Å²) in [6.45, 7) is 9.04. The van der Waals surface area contributed by atoms with E-state index in [9.17, 15) is 4.79 Å². The molecule has 0 spiro atoms. The van der Waals surface area contributed by atoms with Crippen molar-refractivity contribution in [3.8, 4) is 0 Å². The Morgan fingerprint density at radius 1 is 1.50 bits per heavy atom. The van der Waals surface area contributed by atoms with Crippen LogP contribution in [0.25, 0.3) is 0 Å². The van der Waals surface area contributed by atoms with Crippen LogP contribution in [0, 0.1) is 5.92 Å². The quantitative estimate of drug-likeness (QED) is 0.766. The fraction of sp³-hybridized carbons (Fsp3) is 0.917. The zero-order chi connectivity index (χ0) is 12.3. The van der Waals surface area contributed by atoms with Gasteiger partial charge in [-0.15, -0.1) is 0 Å². The Morgan fingerprint density at radius 2 is 2.12 bits per heavy atom. The molecule has 2 atom stereocenters. The number of hydrogen-bond acceptors (Lipinski definition) is 3. The Morgan fingerprint density at radius 3 is 2.56 bits per heavy atom. The van der Waals surface area contributed by atoms with Crippen LogP contribution in [-0.2, 0) is 4.79 Å². The van der Waals surface area contributed by atoms with Gasteiger partial charge in [-0.3, -0.25) is 9.69 Å². The molecule has 16 heavy (non-hydrogen) atoms. The van der Waals surface area contributed by atoms with Gasteiger partial charge in [0, 0.05) is 31.7 Å². The first-order valence-electron chi connectivity index (χ1n) is 6.09. The summed E-state index contributed by atoms with van der Waals surface area (Å²) >= 11 is 0. The molecule has 94 valence electrons. The van der Waals surface area contributed by atoms with Crippen LogP contribution in [0.3, 0.4) is 0 Å². The molecule has 1 rings (SSSR count). The molecule has 0 aromatic carbocycles. The van der Waals surface area contributed by atoms with Gasteiger partial charge >= 0.3 is 5.97 Å². The number of likely N-dealkylation sites (tertiary alicyclic amines) is 1. The molecule has 2 unspecified atom stereocenters. The first kappa shape index (κ1) is 13.5. The topological polar surface area (TPSA) is 43.8 Å². The third-order valence-electron chi connectivity index (χ3n) is 3.53. The molecule has 1 N–H and O–H groups in total. The van der Waals surface area contributed by atoms with E-state index < -0.39 is 5.97 Å². The Kier molecular flexibility index (Phi) is 4.74. The molecule has 0 aromatic heterocycles. The number of hydrogen-bond donors (Lipinski definition) is 1. The lowest BCUT2D eigenvalue weighted by molar-refractivity contribution is -0.141. The van der Waals surface area contributed by atoms with E-state index in [1.165, 1.54) is 0 Å². The molecule has 1 aliphatic heterocycles. The summed E-state index contributed by atoms with van der Waals surface area (Å²) < 4.78 is 0. The van der Waals surface area contributed by atoms with E-state index in [4.69, 9.17) is 5.11 Å². The van der Waals surface area contributed by atoms with Crippen LogP contribution in [0.1, 0.15) is 27.2 Å². The zero-order valence-corrected chi connectivity index (χ0v) is 10.8. The lowest BCUT2D eigenvalue weighted by Gasteiger charge is -2.27. The molecule has 0 amide bonds. The molecule has 0 aromatic rings. The first-order valence-corrected chi connectivity index (χ1v) is 6.09. The van der Waals surface area contributed by atoms with Gasteiger partial charge in [-0.1, -0.05) is 6.92 Å². The van der Waals surface area contributed by atoms with E-state index in [0.29, 0.717) is 18.6 Å². The van der Waals surface area contributed by atoms with Crippen molar-refractivity contribution >= 4 is 5.97 Å². The van der Waals surface area contributed by atoms with Gasteiger partial charge in [-0.05, 0) is 27.3 Å². The highest BCUT2D eigenvalue weighted by molar-refractivity contribution is 5.69. The molecule has 0 saturated carbocycles. The van der Waals surface area contributed by atoms with Gasteiger partial charge in [0.1, 0.15) is 0 Å². The monoisotopic (exact) mass is 228 g/mol. The highest BCUT2D eigenvalue weighted by atomic mass is 16.4. The van der Waals surface area contributed by atoms with Crippen LogP contribution >= 0.6 is 0 Å². The molecular weight excluding hydrogens is 204 g/mol. The normalized spacial score (nSPS) is 24.2. The second-order valence-electron chi connectivity index (χ2n) is 5.21. The van der Waals surface area contributed by atoms with Gasteiger partial charge in [0.15, 0.2) is 0 Å². The molecule has 1 fully saturated rings. The number of rotatable bonds is 5. The predicted molar refractivity (Wildman–Crippen MR) is 64.5 cm³/mol. The minimum atomic E-state index is -0.703. The summed E-state index contributed by atoms with van der Waals surface area (Å²) in [7, 11) is 2.04. The van der Waals surface area contributed by atoms with Crippen LogP contribution < -0.4 is 0 Å². The number of carboxylic acid groups (broad SMARTS) is 1. The van der Waals surface area contributed by atoms with Crippen molar-refractivity contribution in [1.29, 1.82) is 0 Å². The second-order valence-corrected chi connectivity index (χ2v) is 5.21. The second kappa shape index (κ2) is 5.64. The van der Waals surface area contributed by atoms with Crippen molar-refractivity contribution in [2.45, 2.75) is 39.3 Å². The number of nitrogens with zero attached hydrogens (tertiary/aromatic N) is 2. The highest BCUT2D eigenvalue weighted by Crippen LogP contribution is 2.17. The lowest BCUT2D eigenvalue weighted by atomic mass is 10.1. The van der Waals surface area contributed by atoms with Crippen molar-refractivity contribution in [1.82, 2.24) is 9.80 Å². The van der Waals surface area contributed by atoms with Crippen molar-refractivity contribution in [2.24, 2.45) is 5.92 Å². The smallest absolute Gasteiger partial charge is 0.307 e. The summed E-state index contributed by atoms with van der Waals surface area (Å²) in [5, 5.41) is 8.88. The number of likely N-dealkylation sites (N-methyl/N-ethyl adjacent to an activating group) is 1. The van der Waals surface area contributed by atoms with Gasteiger partial charge in [0.05, 0.1) is 5.92 Å². The van der Waals surface area contributed by atoms with Crippen LogP contribution in [-0.4, -0.2) is 59.6 Å². The van der Waals surface area contributed by atoms with E-state index in [1.54, 1.807) is 6.92 Å². The van der Waals surface area contributed by atoms with E-state index in [1.807, 2.05) is 7.05 Å². The molecule has 1 aliphatic rings. The standard InChI is InChI=1S/C12H24N2O2/c1-9(2)14-6-5-11(8-14)13(4)7-10(3)12(15)16/h9-11H,5-8H2,1-4H3,(H,15,16). The van der Waals surface area contributed by atoms with Crippen LogP contribution in [0.2, 0.25) is 0 Å². The summed E-state index contributed by atoms with van der Waals surface area (Å²) in [6.07, 6.45) is 1.15. The molecule has 4 heteroatoms. The van der Waals surface area contributed by atoms with Crippen molar-refractivity contribution < 1.29 is 9.90 Å². The maximum absolute atomic E-state index is 10.8. The first-order chi connectivity index (χ1) is 7.41. The summed E-state index contributed by atoms with van der Waals surface area (Å²) in [4.78, 5) is 15.4. The van der Waals surface area contributed by atoms with Crippen LogP contribution in [0.4, 0.5) is 0 Å². The SMILES string of the molecule is CC(CN(C)C1CCN(C(C)C)C1)C(=O)O. The van der Waals surface area contributed by atoms with Crippen molar-refractivity contribution in [3.05, 3.63) is 0 Å². The average molecular weight is 228 g/mol. The number of aliphatic carboxylic acids is 1. The highest BCUT2D eigenvalue weighted by Gasteiger charge is 2.28. The van der Waals surface area contributed by atoms with E-state index in [0.717, 1.165) is 19.5 Å². The lowest BCUT2D eigenvalue weighted by Crippen LogP contribution is -2.39. The van der Waals surface area contributed by atoms with Crippen molar-refractivity contribution in [3.63, 3.8) is 0 Å². The molecule has 1 saturated heterocycles. The van der Waals surface area contributed by atoms with E-state index >= 15 is 0 Å². The fourth-order valence-corrected chi connectivity index (χ4v) is 2.26. The molecule has 4 nitrogen and oxygen atoms in total. The van der Waals surface area contributed by atoms with Gasteiger partial charge in [0.25, 0.3) is 0 Å². The third kappa shape index (κ3) is 3.46. The summed E-state index contributed by atoms with van der Waals surface area (Å²) in [5.41, 5.74) is 0. The van der Waals surface area contributed by atoms with E-state index in [-0.39, 0.29) is 5.92 Å². The van der Waals surface area contributed by atoms with Crippen LogP contribution in [0.15, 0.2) is 0 Å². The third-order valence-corrected chi connectivity index (χ3v) is 3.53.